The van der Waals surface area contributed by atoms with Crippen LogP contribution in [0.25, 0.3) is 11.0 Å². The van der Waals surface area contributed by atoms with Crippen molar-refractivity contribution in [1.82, 2.24) is 25.3 Å². The zero-order valence-corrected chi connectivity index (χ0v) is 17.4. The highest BCUT2D eigenvalue weighted by Crippen LogP contribution is 2.33. The second-order valence-corrected chi connectivity index (χ2v) is 8.10. The van der Waals surface area contributed by atoms with E-state index in [1.165, 1.54) is 0 Å². The lowest BCUT2D eigenvalue weighted by molar-refractivity contribution is 0.0843. The van der Waals surface area contributed by atoms with Crippen LogP contribution >= 0.6 is 0 Å². The first kappa shape index (κ1) is 20.2. The van der Waals surface area contributed by atoms with Gasteiger partial charge < -0.3 is 24.5 Å². The number of nitrogens with one attached hydrogen (secondary N) is 2. The Hall–Kier alpha value is -2.75. The standard InChI is InChI=1S/C22H28N6O3/c29-22(21-25-7-8-26-21)27-15-1-3-17(4-2-15)31-19-14-16(28-9-11-30-12-10-28)13-18-20(19)24-6-5-23-18/h5-8,13-15,17,22,27,29H,1-4,9-12H2,(H,25,26)/t15-,17+,22?. The molecule has 1 atom stereocenters. The molecule has 164 valence electrons. The second kappa shape index (κ2) is 9.17. The zero-order valence-electron chi connectivity index (χ0n) is 17.4. The van der Waals surface area contributed by atoms with Crippen LogP contribution in [0.4, 0.5) is 5.69 Å². The van der Waals surface area contributed by atoms with Crippen molar-refractivity contribution in [2.24, 2.45) is 0 Å². The minimum absolute atomic E-state index is 0.115. The molecule has 3 aromatic rings. The van der Waals surface area contributed by atoms with Gasteiger partial charge in [-0.2, -0.15) is 0 Å². The Morgan fingerprint density at radius 3 is 2.65 bits per heavy atom. The van der Waals surface area contributed by atoms with Crippen LogP contribution in [0.5, 0.6) is 5.75 Å². The monoisotopic (exact) mass is 424 g/mol. The molecule has 0 bridgehead atoms. The first-order valence-electron chi connectivity index (χ1n) is 10.9. The van der Waals surface area contributed by atoms with E-state index in [0.717, 1.165) is 74.5 Å². The van der Waals surface area contributed by atoms with Gasteiger partial charge in [0, 0.05) is 55.7 Å². The van der Waals surface area contributed by atoms with Crippen molar-refractivity contribution >= 4 is 16.7 Å². The quantitative estimate of drug-likeness (QED) is 0.517. The number of morpholine rings is 1. The summed E-state index contributed by atoms with van der Waals surface area (Å²) in [7, 11) is 0. The van der Waals surface area contributed by atoms with Crippen molar-refractivity contribution < 1.29 is 14.6 Å². The number of imidazole rings is 1. The number of aliphatic hydroxyl groups is 1. The van der Waals surface area contributed by atoms with Crippen molar-refractivity contribution in [1.29, 1.82) is 0 Å². The Balaban J connectivity index is 1.26. The third-order valence-electron chi connectivity index (χ3n) is 6.04. The average molecular weight is 425 g/mol. The molecule has 31 heavy (non-hydrogen) atoms. The zero-order chi connectivity index (χ0) is 21.0. The molecule has 0 spiro atoms. The molecule has 1 aliphatic heterocycles. The fourth-order valence-electron chi connectivity index (χ4n) is 4.38. The lowest BCUT2D eigenvalue weighted by atomic mass is 9.92. The molecule has 3 N–H and O–H groups in total. The van der Waals surface area contributed by atoms with Gasteiger partial charge in [0.2, 0.25) is 0 Å². The number of rotatable bonds is 6. The largest absolute Gasteiger partial charge is 0.488 e. The minimum Gasteiger partial charge on any atom is -0.488 e. The molecule has 5 rings (SSSR count). The summed E-state index contributed by atoms with van der Waals surface area (Å²) in [5.41, 5.74) is 2.75. The van der Waals surface area contributed by atoms with Crippen LogP contribution in [0.1, 0.15) is 37.7 Å². The van der Waals surface area contributed by atoms with Gasteiger partial charge >= 0.3 is 0 Å². The number of hydrogen-bond donors (Lipinski definition) is 3. The molecule has 2 aromatic heterocycles. The number of nitrogens with zero attached hydrogens (tertiary/aromatic N) is 4. The Bertz CT molecular complexity index is 984. The van der Waals surface area contributed by atoms with Crippen molar-refractivity contribution in [3.8, 4) is 5.75 Å². The number of aromatic amines is 1. The van der Waals surface area contributed by atoms with Gasteiger partial charge in [0.05, 0.1) is 24.8 Å². The minimum atomic E-state index is -0.776. The maximum absolute atomic E-state index is 10.3. The van der Waals surface area contributed by atoms with Crippen LogP contribution in [0, 0.1) is 0 Å². The summed E-state index contributed by atoms with van der Waals surface area (Å²) in [6.07, 6.45) is 9.79. The van der Waals surface area contributed by atoms with Crippen molar-refractivity contribution in [2.45, 2.75) is 44.1 Å². The third kappa shape index (κ3) is 4.63. The first-order chi connectivity index (χ1) is 15.3. The Morgan fingerprint density at radius 2 is 1.87 bits per heavy atom. The summed E-state index contributed by atoms with van der Waals surface area (Å²) in [5.74, 6) is 1.34. The molecule has 0 radical (unpaired) electrons. The Labute approximate surface area is 180 Å². The van der Waals surface area contributed by atoms with Crippen LogP contribution in [-0.4, -0.2) is 63.5 Å². The maximum atomic E-state index is 10.3. The van der Waals surface area contributed by atoms with Crippen LogP contribution in [0.2, 0.25) is 0 Å². The van der Waals surface area contributed by atoms with Crippen molar-refractivity contribution in [3.63, 3.8) is 0 Å². The number of ether oxygens (including phenoxy) is 2. The third-order valence-corrected chi connectivity index (χ3v) is 6.04. The van der Waals surface area contributed by atoms with Gasteiger partial charge in [-0.05, 0) is 31.7 Å². The number of hydrogen-bond acceptors (Lipinski definition) is 8. The predicted molar refractivity (Wildman–Crippen MR) is 116 cm³/mol. The van der Waals surface area contributed by atoms with Gasteiger partial charge in [0.25, 0.3) is 0 Å². The molecule has 1 unspecified atom stereocenters. The molecule has 1 aromatic carbocycles. The topological polar surface area (TPSA) is 108 Å². The lowest BCUT2D eigenvalue weighted by Crippen LogP contribution is -2.38. The number of benzene rings is 1. The van der Waals surface area contributed by atoms with E-state index < -0.39 is 6.23 Å². The highest BCUT2D eigenvalue weighted by atomic mass is 16.5. The summed E-state index contributed by atoms with van der Waals surface area (Å²) >= 11 is 0. The molecule has 9 nitrogen and oxygen atoms in total. The van der Waals surface area contributed by atoms with E-state index in [-0.39, 0.29) is 12.1 Å². The van der Waals surface area contributed by atoms with E-state index in [4.69, 9.17) is 9.47 Å². The average Bonchev–Trinajstić information content (AvgIpc) is 3.36. The van der Waals surface area contributed by atoms with Crippen molar-refractivity contribution in [3.05, 3.63) is 42.7 Å². The van der Waals surface area contributed by atoms with Gasteiger partial charge in [-0.3, -0.25) is 10.3 Å². The molecule has 9 heteroatoms. The number of H-pyrrole nitrogens is 1. The van der Waals surface area contributed by atoms with Crippen LogP contribution in [0.15, 0.2) is 36.9 Å². The van der Waals surface area contributed by atoms with E-state index in [1.807, 2.05) is 0 Å². The van der Waals surface area contributed by atoms with Gasteiger partial charge in [-0.25, -0.2) is 9.97 Å². The summed E-state index contributed by atoms with van der Waals surface area (Å²) < 4.78 is 11.9. The molecule has 1 aliphatic carbocycles. The highest BCUT2D eigenvalue weighted by Gasteiger charge is 2.26. The second-order valence-electron chi connectivity index (χ2n) is 8.10. The molecule has 2 fully saturated rings. The normalized spacial score (nSPS) is 23.1. The van der Waals surface area contributed by atoms with Gasteiger partial charge in [0.1, 0.15) is 17.1 Å². The van der Waals surface area contributed by atoms with Gasteiger partial charge in [-0.15, -0.1) is 0 Å². The molecular formula is C22H28N6O3. The van der Waals surface area contributed by atoms with Crippen LogP contribution < -0.4 is 15.0 Å². The fourth-order valence-corrected chi connectivity index (χ4v) is 4.38. The van der Waals surface area contributed by atoms with Gasteiger partial charge in [-0.1, -0.05) is 0 Å². The lowest BCUT2D eigenvalue weighted by Gasteiger charge is -2.32. The predicted octanol–water partition coefficient (Wildman–Crippen LogP) is 2.16. The summed E-state index contributed by atoms with van der Waals surface area (Å²) in [6, 6.07) is 4.40. The van der Waals surface area contributed by atoms with Crippen LogP contribution in [-0.2, 0) is 4.74 Å². The molecular weight excluding hydrogens is 396 g/mol. The molecule has 1 saturated carbocycles. The number of aromatic nitrogens is 4. The Kier molecular flexibility index (Phi) is 5.97. The van der Waals surface area contributed by atoms with Crippen LogP contribution in [0.3, 0.4) is 0 Å². The molecule has 3 heterocycles. The number of fused-ring (bicyclic) bond motifs is 1. The number of anilines is 1. The molecule has 1 saturated heterocycles. The maximum Gasteiger partial charge on any atom is 0.164 e. The Morgan fingerprint density at radius 1 is 1.06 bits per heavy atom. The first-order valence-corrected chi connectivity index (χ1v) is 10.9. The summed E-state index contributed by atoms with van der Waals surface area (Å²) in [4.78, 5) is 18.4. The molecule has 2 aliphatic rings. The number of aliphatic hydroxyl groups excluding tert-OH is 1. The van der Waals surface area contributed by atoms with E-state index in [1.54, 1.807) is 24.8 Å². The molecule has 0 amide bonds. The van der Waals surface area contributed by atoms with Gasteiger partial charge in [0.15, 0.2) is 6.23 Å². The highest BCUT2D eigenvalue weighted by molar-refractivity contribution is 5.85. The SMILES string of the molecule is OC(N[C@H]1CC[C@@H](Oc2cc(N3CCOCC3)cc3nccnc23)CC1)c1ncc[nH]1. The van der Waals surface area contributed by atoms with E-state index in [2.05, 4.69) is 42.3 Å². The van der Waals surface area contributed by atoms with E-state index in [9.17, 15) is 5.11 Å². The van der Waals surface area contributed by atoms with Crippen molar-refractivity contribution in [2.75, 3.05) is 31.2 Å². The van der Waals surface area contributed by atoms with E-state index in [0.29, 0.717) is 5.82 Å². The summed E-state index contributed by atoms with van der Waals surface area (Å²) in [6.45, 7) is 3.19. The van der Waals surface area contributed by atoms with E-state index >= 15 is 0 Å². The smallest absolute Gasteiger partial charge is 0.164 e. The fraction of sp³-hybridized carbons (Fsp3) is 0.500. The summed E-state index contributed by atoms with van der Waals surface area (Å²) in [5, 5.41) is 13.5.